The van der Waals surface area contributed by atoms with Crippen LogP contribution in [0.3, 0.4) is 0 Å². The molecule has 98 valence electrons. The van der Waals surface area contributed by atoms with Crippen molar-refractivity contribution < 1.29 is 4.79 Å². The summed E-state index contributed by atoms with van der Waals surface area (Å²) >= 11 is 1.59. The van der Waals surface area contributed by atoms with E-state index >= 15 is 0 Å². The number of rotatable bonds is 3. The fourth-order valence-electron chi connectivity index (χ4n) is 1.76. The maximum Gasteiger partial charge on any atom is 0.257 e. The van der Waals surface area contributed by atoms with Gasteiger partial charge in [-0.15, -0.1) is 11.3 Å². The van der Waals surface area contributed by atoms with E-state index < -0.39 is 0 Å². The summed E-state index contributed by atoms with van der Waals surface area (Å²) < 4.78 is 0. The molecule has 1 N–H and O–H groups in total. The Morgan fingerprint density at radius 2 is 1.95 bits per heavy atom. The number of pyridine rings is 1. The number of thiazole rings is 1. The van der Waals surface area contributed by atoms with Crippen molar-refractivity contribution in [2.45, 2.75) is 0 Å². The zero-order chi connectivity index (χ0) is 13.8. The number of hydrogen-bond donors (Lipinski definition) is 1. The molecule has 0 aliphatic heterocycles. The smallest absolute Gasteiger partial charge is 0.257 e. The van der Waals surface area contributed by atoms with Crippen LogP contribution in [0.5, 0.6) is 0 Å². The van der Waals surface area contributed by atoms with Gasteiger partial charge in [0.05, 0.1) is 5.56 Å². The fraction of sp³-hybridized carbons (Fsp3) is 0. The van der Waals surface area contributed by atoms with E-state index in [0.717, 1.165) is 16.3 Å². The lowest BCUT2D eigenvalue weighted by atomic mass is 10.2. The van der Waals surface area contributed by atoms with Crippen LogP contribution in [-0.4, -0.2) is 15.9 Å². The van der Waals surface area contributed by atoms with Crippen LogP contribution in [0, 0.1) is 0 Å². The Kier molecular flexibility index (Phi) is 3.52. The Morgan fingerprint density at radius 3 is 2.60 bits per heavy atom. The van der Waals surface area contributed by atoms with Gasteiger partial charge in [-0.1, -0.05) is 0 Å². The normalized spacial score (nSPS) is 10.2. The fourth-order valence-corrected chi connectivity index (χ4v) is 2.41. The van der Waals surface area contributed by atoms with Gasteiger partial charge < -0.3 is 5.32 Å². The Morgan fingerprint density at radius 1 is 1.10 bits per heavy atom. The topological polar surface area (TPSA) is 54.9 Å². The summed E-state index contributed by atoms with van der Waals surface area (Å²) in [5.41, 5.74) is 2.33. The molecule has 0 bridgehead atoms. The lowest BCUT2D eigenvalue weighted by Crippen LogP contribution is -2.11. The van der Waals surface area contributed by atoms with Crippen LogP contribution in [0.15, 0.2) is 60.4 Å². The zero-order valence-corrected chi connectivity index (χ0v) is 11.3. The highest BCUT2D eigenvalue weighted by Crippen LogP contribution is 2.23. The second-order valence-electron chi connectivity index (χ2n) is 4.11. The Bertz CT molecular complexity index is 694. The molecule has 2 heterocycles. The average Bonchev–Trinajstić information content (AvgIpc) is 3.03. The van der Waals surface area contributed by atoms with E-state index in [1.165, 1.54) is 0 Å². The third kappa shape index (κ3) is 2.73. The molecule has 1 aromatic carbocycles. The minimum Gasteiger partial charge on any atom is -0.322 e. The summed E-state index contributed by atoms with van der Waals surface area (Å²) in [5.74, 6) is -0.167. The molecule has 0 atom stereocenters. The Hall–Kier alpha value is -2.53. The summed E-state index contributed by atoms with van der Waals surface area (Å²) in [6.07, 6.45) is 4.96. The highest BCUT2D eigenvalue weighted by Gasteiger charge is 2.06. The Labute approximate surface area is 120 Å². The summed E-state index contributed by atoms with van der Waals surface area (Å²) in [5, 5.41) is 5.74. The van der Waals surface area contributed by atoms with Crippen LogP contribution in [0.4, 0.5) is 5.69 Å². The lowest BCUT2D eigenvalue weighted by Gasteiger charge is -2.05. The first kappa shape index (κ1) is 12.5. The maximum absolute atomic E-state index is 12.0. The number of carbonyl (C=O) groups is 1. The van der Waals surface area contributed by atoms with E-state index in [-0.39, 0.29) is 5.91 Å². The molecule has 0 saturated carbocycles. The van der Waals surface area contributed by atoms with Crippen LogP contribution in [0.25, 0.3) is 10.6 Å². The van der Waals surface area contributed by atoms with E-state index in [1.807, 2.05) is 29.6 Å². The zero-order valence-electron chi connectivity index (χ0n) is 10.5. The highest BCUT2D eigenvalue weighted by atomic mass is 32.1. The van der Waals surface area contributed by atoms with E-state index in [0.29, 0.717) is 5.56 Å². The number of benzene rings is 1. The number of hydrogen-bond acceptors (Lipinski definition) is 4. The maximum atomic E-state index is 12.0. The van der Waals surface area contributed by atoms with Crippen molar-refractivity contribution in [2.75, 3.05) is 5.32 Å². The highest BCUT2D eigenvalue weighted by molar-refractivity contribution is 7.13. The van der Waals surface area contributed by atoms with Crippen molar-refractivity contribution in [1.29, 1.82) is 0 Å². The first-order valence-corrected chi connectivity index (χ1v) is 6.92. The van der Waals surface area contributed by atoms with Gasteiger partial charge in [0.1, 0.15) is 5.01 Å². The molecule has 20 heavy (non-hydrogen) atoms. The number of amides is 1. The first-order chi connectivity index (χ1) is 9.83. The van der Waals surface area contributed by atoms with E-state index in [4.69, 9.17) is 0 Å². The van der Waals surface area contributed by atoms with Crippen LogP contribution < -0.4 is 5.32 Å². The predicted octanol–water partition coefficient (Wildman–Crippen LogP) is 3.46. The third-order valence-corrected chi connectivity index (χ3v) is 3.57. The second-order valence-corrected chi connectivity index (χ2v) is 5.00. The molecule has 0 aliphatic carbocycles. The standard InChI is InChI=1S/C15H11N3OS/c19-14(12-2-1-7-16-10-12)18-13-5-3-11(4-6-13)15-17-8-9-20-15/h1-10H,(H,18,19). The molecule has 3 rings (SSSR count). The number of nitrogens with zero attached hydrogens (tertiary/aromatic N) is 2. The summed E-state index contributed by atoms with van der Waals surface area (Å²) in [4.78, 5) is 20.1. The molecular weight excluding hydrogens is 270 g/mol. The minimum atomic E-state index is -0.167. The van der Waals surface area contributed by atoms with E-state index in [2.05, 4.69) is 15.3 Å². The molecule has 1 amide bonds. The van der Waals surface area contributed by atoms with Crippen LogP contribution >= 0.6 is 11.3 Å². The van der Waals surface area contributed by atoms with Gasteiger partial charge in [0.25, 0.3) is 5.91 Å². The monoisotopic (exact) mass is 281 g/mol. The molecule has 0 fully saturated rings. The van der Waals surface area contributed by atoms with Crippen LogP contribution in [-0.2, 0) is 0 Å². The van der Waals surface area contributed by atoms with Gasteiger partial charge in [-0.05, 0) is 36.4 Å². The Balaban J connectivity index is 1.74. The second kappa shape index (κ2) is 5.63. The molecule has 5 heteroatoms. The minimum absolute atomic E-state index is 0.167. The molecule has 0 radical (unpaired) electrons. The number of aromatic nitrogens is 2. The molecule has 0 aliphatic rings. The van der Waals surface area contributed by atoms with Gasteiger partial charge >= 0.3 is 0 Å². The van der Waals surface area contributed by atoms with Crippen molar-refractivity contribution in [3.8, 4) is 10.6 Å². The molecule has 2 aromatic heterocycles. The number of anilines is 1. The molecule has 4 nitrogen and oxygen atoms in total. The number of nitrogens with one attached hydrogen (secondary N) is 1. The van der Waals surface area contributed by atoms with Gasteiger partial charge in [0.2, 0.25) is 0 Å². The molecule has 3 aromatic rings. The molecular formula is C15H11N3OS. The first-order valence-electron chi connectivity index (χ1n) is 6.04. The van der Waals surface area contributed by atoms with Crippen molar-refractivity contribution in [3.05, 3.63) is 65.9 Å². The van der Waals surface area contributed by atoms with Gasteiger partial charge in [-0.3, -0.25) is 9.78 Å². The van der Waals surface area contributed by atoms with Gasteiger partial charge in [-0.2, -0.15) is 0 Å². The molecule has 0 spiro atoms. The summed E-state index contributed by atoms with van der Waals surface area (Å²) in [7, 11) is 0. The molecule has 0 unspecified atom stereocenters. The van der Waals surface area contributed by atoms with Crippen molar-refractivity contribution in [2.24, 2.45) is 0 Å². The quantitative estimate of drug-likeness (QED) is 0.800. The van der Waals surface area contributed by atoms with E-state index in [1.54, 1.807) is 42.1 Å². The lowest BCUT2D eigenvalue weighted by molar-refractivity contribution is 0.102. The SMILES string of the molecule is O=C(Nc1ccc(-c2nccs2)cc1)c1cccnc1. The van der Waals surface area contributed by atoms with Crippen LogP contribution in [0.2, 0.25) is 0 Å². The summed E-state index contributed by atoms with van der Waals surface area (Å²) in [6, 6.07) is 11.1. The number of carbonyl (C=O) groups excluding carboxylic acids is 1. The van der Waals surface area contributed by atoms with Crippen molar-refractivity contribution in [3.63, 3.8) is 0 Å². The van der Waals surface area contributed by atoms with Crippen LogP contribution in [0.1, 0.15) is 10.4 Å². The van der Waals surface area contributed by atoms with Gasteiger partial charge in [0.15, 0.2) is 0 Å². The van der Waals surface area contributed by atoms with Gasteiger partial charge in [-0.25, -0.2) is 4.98 Å². The predicted molar refractivity (Wildman–Crippen MR) is 79.7 cm³/mol. The molecule has 0 saturated heterocycles. The largest absolute Gasteiger partial charge is 0.322 e. The van der Waals surface area contributed by atoms with E-state index in [9.17, 15) is 4.79 Å². The van der Waals surface area contributed by atoms with Gasteiger partial charge in [0, 0.05) is 35.2 Å². The van der Waals surface area contributed by atoms with Crippen molar-refractivity contribution in [1.82, 2.24) is 9.97 Å². The summed E-state index contributed by atoms with van der Waals surface area (Å²) in [6.45, 7) is 0. The third-order valence-electron chi connectivity index (χ3n) is 2.75. The average molecular weight is 281 g/mol. The van der Waals surface area contributed by atoms with Crippen molar-refractivity contribution >= 4 is 22.9 Å².